The van der Waals surface area contributed by atoms with Gasteiger partial charge < -0.3 is 13.9 Å². The van der Waals surface area contributed by atoms with Crippen molar-refractivity contribution < 1.29 is 13.9 Å². The summed E-state index contributed by atoms with van der Waals surface area (Å²) < 4.78 is 16.6. The van der Waals surface area contributed by atoms with Gasteiger partial charge in [-0.05, 0) is 40.2 Å². The third-order valence-corrected chi connectivity index (χ3v) is 4.26. The van der Waals surface area contributed by atoms with Gasteiger partial charge >= 0.3 is 0 Å². The predicted octanol–water partition coefficient (Wildman–Crippen LogP) is 4.54. The largest absolute Gasteiger partial charge is 0.497 e. The van der Waals surface area contributed by atoms with Crippen LogP contribution in [0.25, 0.3) is 0 Å². The SMILES string of the molecule is COc1ccc(OC)c(C(Br)c2ccoc2Br)c1. The van der Waals surface area contributed by atoms with Gasteiger partial charge in [0.15, 0.2) is 4.67 Å². The van der Waals surface area contributed by atoms with Crippen molar-refractivity contribution in [1.29, 1.82) is 0 Å². The van der Waals surface area contributed by atoms with Gasteiger partial charge in [-0.15, -0.1) is 0 Å². The van der Waals surface area contributed by atoms with Crippen LogP contribution in [0.4, 0.5) is 0 Å². The highest BCUT2D eigenvalue weighted by Gasteiger charge is 2.20. The molecule has 18 heavy (non-hydrogen) atoms. The first kappa shape index (κ1) is 13.5. The molecule has 0 fully saturated rings. The second-order valence-corrected chi connectivity index (χ2v) is 5.26. The van der Waals surface area contributed by atoms with E-state index >= 15 is 0 Å². The molecule has 1 atom stereocenters. The first-order valence-corrected chi connectivity index (χ1v) is 6.97. The van der Waals surface area contributed by atoms with Crippen molar-refractivity contribution >= 4 is 31.9 Å². The van der Waals surface area contributed by atoms with Gasteiger partial charge in [-0.25, -0.2) is 0 Å². The van der Waals surface area contributed by atoms with Gasteiger partial charge in [-0.3, -0.25) is 0 Å². The number of benzene rings is 1. The molecule has 0 bridgehead atoms. The number of hydrogen-bond acceptors (Lipinski definition) is 3. The minimum absolute atomic E-state index is 0.0318. The Hall–Kier alpha value is -0.940. The fraction of sp³-hybridized carbons (Fsp3) is 0.231. The first-order chi connectivity index (χ1) is 8.67. The molecule has 2 rings (SSSR count). The molecule has 0 saturated heterocycles. The predicted molar refractivity (Wildman–Crippen MR) is 76.7 cm³/mol. The molecular weight excluding hydrogens is 364 g/mol. The van der Waals surface area contributed by atoms with E-state index in [1.54, 1.807) is 20.5 Å². The zero-order valence-corrected chi connectivity index (χ0v) is 13.1. The molecule has 1 unspecified atom stereocenters. The normalized spacial score (nSPS) is 12.2. The molecule has 0 radical (unpaired) electrons. The maximum absolute atomic E-state index is 5.37. The third-order valence-electron chi connectivity index (χ3n) is 2.63. The Kier molecular flexibility index (Phi) is 4.35. The first-order valence-electron chi connectivity index (χ1n) is 5.26. The van der Waals surface area contributed by atoms with E-state index in [0.29, 0.717) is 4.67 Å². The lowest BCUT2D eigenvalue weighted by Gasteiger charge is -2.14. The van der Waals surface area contributed by atoms with Gasteiger partial charge in [0, 0.05) is 11.1 Å². The van der Waals surface area contributed by atoms with Crippen LogP contribution < -0.4 is 9.47 Å². The third kappa shape index (κ3) is 2.57. The summed E-state index contributed by atoms with van der Waals surface area (Å²) in [6.45, 7) is 0. The van der Waals surface area contributed by atoms with Crippen molar-refractivity contribution in [3.05, 3.63) is 46.3 Å². The zero-order chi connectivity index (χ0) is 13.1. The van der Waals surface area contributed by atoms with Crippen LogP contribution in [0.1, 0.15) is 16.0 Å². The highest BCUT2D eigenvalue weighted by molar-refractivity contribution is 9.10. The molecule has 0 saturated carbocycles. The van der Waals surface area contributed by atoms with E-state index in [9.17, 15) is 0 Å². The molecule has 0 spiro atoms. The molecular formula is C13H12Br2O3. The fourth-order valence-corrected chi connectivity index (χ4v) is 3.18. The monoisotopic (exact) mass is 374 g/mol. The van der Waals surface area contributed by atoms with E-state index in [1.165, 1.54) is 0 Å². The molecule has 0 amide bonds. The van der Waals surface area contributed by atoms with Crippen molar-refractivity contribution in [2.45, 2.75) is 4.83 Å². The Balaban J connectivity index is 2.45. The maximum Gasteiger partial charge on any atom is 0.173 e. The van der Waals surface area contributed by atoms with Crippen LogP contribution in [0.15, 0.2) is 39.6 Å². The van der Waals surface area contributed by atoms with Gasteiger partial charge in [0.05, 0.1) is 25.3 Å². The van der Waals surface area contributed by atoms with Crippen LogP contribution in [-0.2, 0) is 0 Å². The van der Waals surface area contributed by atoms with Crippen molar-refractivity contribution in [3.63, 3.8) is 0 Å². The second kappa shape index (κ2) is 5.80. The van der Waals surface area contributed by atoms with E-state index < -0.39 is 0 Å². The number of furan rings is 1. The molecule has 1 heterocycles. The van der Waals surface area contributed by atoms with E-state index in [-0.39, 0.29) is 4.83 Å². The van der Waals surface area contributed by atoms with Gasteiger partial charge in [-0.1, -0.05) is 15.9 Å². The molecule has 5 heteroatoms. The lowest BCUT2D eigenvalue weighted by molar-refractivity contribution is 0.399. The molecule has 0 aliphatic heterocycles. The van der Waals surface area contributed by atoms with Gasteiger partial charge in [0.25, 0.3) is 0 Å². The molecule has 96 valence electrons. The summed E-state index contributed by atoms with van der Waals surface area (Å²) >= 11 is 7.03. The lowest BCUT2D eigenvalue weighted by atomic mass is 10.1. The molecule has 2 aromatic rings. The summed E-state index contributed by atoms with van der Waals surface area (Å²) in [4.78, 5) is -0.0318. The van der Waals surface area contributed by atoms with E-state index in [0.717, 1.165) is 22.6 Å². The van der Waals surface area contributed by atoms with Gasteiger partial charge in [0.1, 0.15) is 11.5 Å². The Labute approximate surface area is 122 Å². The van der Waals surface area contributed by atoms with E-state index in [1.807, 2.05) is 24.3 Å². The molecule has 0 aliphatic carbocycles. The van der Waals surface area contributed by atoms with Gasteiger partial charge in [0.2, 0.25) is 0 Å². The van der Waals surface area contributed by atoms with Crippen LogP contribution in [-0.4, -0.2) is 14.2 Å². The Morgan fingerprint density at radius 1 is 1.11 bits per heavy atom. The summed E-state index contributed by atoms with van der Waals surface area (Å²) in [6.07, 6.45) is 1.64. The average molecular weight is 376 g/mol. The number of rotatable bonds is 4. The van der Waals surface area contributed by atoms with Crippen LogP contribution in [0.5, 0.6) is 11.5 Å². The molecule has 1 aromatic heterocycles. The zero-order valence-electron chi connectivity index (χ0n) is 9.94. The summed E-state index contributed by atoms with van der Waals surface area (Å²) in [5.41, 5.74) is 1.99. The number of alkyl halides is 1. The van der Waals surface area contributed by atoms with Crippen LogP contribution >= 0.6 is 31.9 Å². The summed E-state index contributed by atoms with van der Waals surface area (Å²) in [5.74, 6) is 1.58. The molecule has 0 N–H and O–H groups in total. The summed E-state index contributed by atoms with van der Waals surface area (Å²) in [5, 5.41) is 0. The standard InChI is InChI=1S/C13H12Br2O3/c1-16-8-3-4-11(17-2)10(7-8)12(14)9-5-6-18-13(9)15/h3-7,12H,1-2H3. The second-order valence-electron chi connectivity index (χ2n) is 3.62. The topological polar surface area (TPSA) is 31.6 Å². The van der Waals surface area contributed by atoms with E-state index in [4.69, 9.17) is 13.9 Å². The molecule has 0 aliphatic rings. The smallest absolute Gasteiger partial charge is 0.173 e. The number of ether oxygens (including phenoxy) is 2. The van der Waals surface area contributed by atoms with Crippen molar-refractivity contribution in [2.24, 2.45) is 0 Å². The van der Waals surface area contributed by atoms with Crippen molar-refractivity contribution in [1.82, 2.24) is 0 Å². The minimum Gasteiger partial charge on any atom is -0.497 e. The van der Waals surface area contributed by atoms with Crippen LogP contribution in [0.2, 0.25) is 0 Å². The summed E-state index contributed by atoms with van der Waals surface area (Å²) in [6, 6.07) is 7.60. The van der Waals surface area contributed by atoms with Crippen molar-refractivity contribution in [2.75, 3.05) is 14.2 Å². The van der Waals surface area contributed by atoms with Crippen LogP contribution in [0.3, 0.4) is 0 Å². The van der Waals surface area contributed by atoms with Gasteiger partial charge in [-0.2, -0.15) is 0 Å². The lowest BCUT2D eigenvalue weighted by Crippen LogP contribution is -1.97. The summed E-state index contributed by atoms with van der Waals surface area (Å²) in [7, 11) is 3.29. The maximum atomic E-state index is 5.37. The molecule has 3 nitrogen and oxygen atoms in total. The molecule has 1 aromatic carbocycles. The Morgan fingerprint density at radius 3 is 2.44 bits per heavy atom. The number of methoxy groups -OCH3 is 2. The highest BCUT2D eigenvalue weighted by atomic mass is 79.9. The van der Waals surface area contributed by atoms with E-state index in [2.05, 4.69) is 31.9 Å². The minimum atomic E-state index is -0.0318. The quantitative estimate of drug-likeness (QED) is 0.735. The van der Waals surface area contributed by atoms with Crippen molar-refractivity contribution in [3.8, 4) is 11.5 Å². The fourth-order valence-electron chi connectivity index (χ4n) is 1.69. The average Bonchev–Trinajstić information content (AvgIpc) is 2.83. The van der Waals surface area contributed by atoms with Crippen LogP contribution in [0, 0.1) is 0 Å². The Morgan fingerprint density at radius 2 is 1.89 bits per heavy atom. The number of hydrogen-bond donors (Lipinski definition) is 0. The Bertz CT molecular complexity index is 537. The highest BCUT2D eigenvalue weighted by Crippen LogP contribution is 2.41. The number of halogens is 2.